The van der Waals surface area contributed by atoms with Crippen LogP contribution < -0.4 is 4.90 Å². The van der Waals surface area contributed by atoms with Gasteiger partial charge in [0.05, 0.1) is 6.17 Å². The van der Waals surface area contributed by atoms with Crippen molar-refractivity contribution in [1.82, 2.24) is 4.90 Å². The van der Waals surface area contributed by atoms with Crippen LogP contribution in [-0.2, 0) is 5.41 Å². The quantitative estimate of drug-likeness (QED) is 0.333. The molecule has 2 aliphatic heterocycles. The minimum atomic E-state index is 0.268. The average Bonchev–Trinajstić information content (AvgIpc) is 3.46. The van der Waals surface area contributed by atoms with E-state index in [1.165, 1.54) is 70.8 Å². The second kappa shape index (κ2) is 12.1. The number of fused-ring (bicyclic) bond motifs is 3. The van der Waals surface area contributed by atoms with Crippen LogP contribution in [0.4, 0.5) is 5.69 Å². The summed E-state index contributed by atoms with van der Waals surface area (Å²) < 4.78 is 0. The Morgan fingerprint density at radius 1 is 0.643 bits per heavy atom. The first-order valence-corrected chi connectivity index (χ1v) is 18.7. The molecule has 6 rings (SSSR count). The van der Waals surface area contributed by atoms with Gasteiger partial charge in [0.15, 0.2) is 0 Å². The maximum Gasteiger partial charge on any atom is 0.0928 e. The minimum Gasteiger partial charge on any atom is -0.351 e. The molecule has 5 aliphatic rings. The Balaban J connectivity index is 1.54. The normalized spacial score (nSPS) is 42.9. The third-order valence-electron chi connectivity index (χ3n) is 13.9. The molecule has 0 amide bonds. The lowest BCUT2D eigenvalue weighted by atomic mass is 9.56. The van der Waals surface area contributed by atoms with Crippen LogP contribution in [0.3, 0.4) is 0 Å². The van der Waals surface area contributed by atoms with Crippen LogP contribution in [0.25, 0.3) is 0 Å². The van der Waals surface area contributed by atoms with Gasteiger partial charge in [-0.15, -0.1) is 0 Å². The predicted octanol–water partition coefficient (Wildman–Crippen LogP) is 10.4. The van der Waals surface area contributed by atoms with Gasteiger partial charge >= 0.3 is 0 Å². The number of rotatable bonds is 6. The zero-order chi connectivity index (χ0) is 29.9. The van der Waals surface area contributed by atoms with Crippen molar-refractivity contribution >= 4 is 5.69 Å². The number of para-hydroxylation sites is 1. The average molecular weight is 575 g/mol. The first-order valence-electron chi connectivity index (χ1n) is 18.7. The molecule has 2 heterocycles. The Hall–Kier alpha value is -1.02. The maximum absolute atomic E-state index is 3.20. The Morgan fingerprint density at radius 2 is 1.17 bits per heavy atom. The highest BCUT2D eigenvalue weighted by Gasteiger charge is 2.65. The zero-order valence-electron chi connectivity index (χ0n) is 29.0. The van der Waals surface area contributed by atoms with Crippen molar-refractivity contribution in [3.8, 4) is 0 Å². The van der Waals surface area contributed by atoms with E-state index in [2.05, 4.69) is 96.4 Å². The van der Waals surface area contributed by atoms with E-state index in [-0.39, 0.29) is 5.41 Å². The third kappa shape index (κ3) is 5.10. The summed E-state index contributed by atoms with van der Waals surface area (Å²) in [6.07, 6.45) is 14.7. The molecule has 3 aliphatic carbocycles. The van der Waals surface area contributed by atoms with Crippen molar-refractivity contribution in [2.24, 2.45) is 59.2 Å². The van der Waals surface area contributed by atoms with Crippen LogP contribution in [0.5, 0.6) is 0 Å². The molecule has 1 aromatic rings. The monoisotopic (exact) mass is 575 g/mol. The van der Waals surface area contributed by atoms with Gasteiger partial charge in [-0.25, -0.2) is 0 Å². The molecule has 11 unspecified atom stereocenters. The van der Waals surface area contributed by atoms with Crippen LogP contribution in [0, 0.1) is 59.2 Å². The number of benzene rings is 1. The molecule has 0 radical (unpaired) electrons. The van der Waals surface area contributed by atoms with Gasteiger partial charge in [-0.1, -0.05) is 99.8 Å². The molecule has 236 valence electrons. The van der Waals surface area contributed by atoms with Gasteiger partial charge in [-0.05, 0) is 116 Å². The molecule has 42 heavy (non-hydrogen) atoms. The Bertz CT molecular complexity index is 1060. The molecular formula is C40H66N2. The number of anilines is 1. The molecule has 1 aromatic carbocycles. The lowest BCUT2D eigenvalue weighted by Gasteiger charge is -2.55. The van der Waals surface area contributed by atoms with E-state index in [0.717, 1.165) is 65.2 Å². The lowest BCUT2D eigenvalue weighted by Crippen LogP contribution is -2.63. The summed E-state index contributed by atoms with van der Waals surface area (Å²) in [5.74, 6) is 8.09. The fourth-order valence-electron chi connectivity index (χ4n) is 11.9. The number of nitrogens with zero attached hydrogens (tertiary/aromatic N) is 2. The second-order valence-corrected chi connectivity index (χ2v) is 17.5. The minimum absolute atomic E-state index is 0.268. The van der Waals surface area contributed by atoms with Gasteiger partial charge in [0.2, 0.25) is 0 Å². The van der Waals surface area contributed by atoms with E-state index in [4.69, 9.17) is 0 Å². The van der Waals surface area contributed by atoms with E-state index in [1.54, 1.807) is 11.3 Å². The van der Waals surface area contributed by atoms with E-state index < -0.39 is 0 Å². The zero-order valence-corrected chi connectivity index (χ0v) is 29.0. The number of hydrogen-bond donors (Lipinski definition) is 0. The highest BCUT2D eigenvalue weighted by Crippen LogP contribution is 2.63. The van der Waals surface area contributed by atoms with Gasteiger partial charge in [0.1, 0.15) is 0 Å². The smallest absolute Gasteiger partial charge is 0.0928 e. The molecular weight excluding hydrogens is 508 g/mol. The van der Waals surface area contributed by atoms with E-state index >= 15 is 0 Å². The standard InChI is InChI=1S/C40H66N2/c1-25(2)31-17-14-28(7)22-35(31)40-20-21-41(37-23-29(8)15-18-32(37)26(3)4)39(40)42(36-13-11-10-12-34(36)40)38-24-30(9)16-19-33(38)27(5)6/h10-13,25-33,35,37-39H,14-24H2,1-9H3. The molecule has 2 heteroatoms. The van der Waals surface area contributed by atoms with Crippen molar-refractivity contribution in [3.05, 3.63) is 29.8 Å². The molecule has 0 spiro atoms. The Morgan fingerprint density at radius 3 is 1.79 bits per heavy atom. The Labute approximate surface area is 260 Å². The van der Waals surface area contributed by atoms with Crippen LogP contribution in [-0.4, -0.2) is 29.7 Å². The molecule has 4 fully saturated rings. The van der Waals surface area contributed by atoms with Crippen molar-refractivity contribution in [3.63, 3.8) is 0 Å². The summed E-state index contributed by atoms with van der Waals surface area (Å²) in [6, 6.07) is 11.4. The molecule has 0 bridgehead atoms. The number of hydrogen-bond acceptors (Lipinski definition) is 2. The van der Waals surface area contributed by atoms with Crippen LogP contribution in [0.15, 0.2) is 24.3 Å². The fourth-order valence-corrected chi connectivity index (χ4v) is 11.9. The van der Waals surface area contributed by atoms with E-state index in [9.17, 15) is 0 Å². The molecule has 0 N–H and O–H groups in total. The van der Waals surface area contributed by atoms with Gasteiger partial charge in [-0.3, -0.25) is 4.90 Å². The molecule has 0 aromatic heterocycles. The summed E-state index contributed by atoms with van der Waals surface area (Å²) in [5.41, 5.74) is 3.67. The van der Waals surface area contributed by atoms with Crippen molar-refractivity contribution in [2.75, 3.05) is 11.4 Å². The topological polar surface area (TPSA) is 6.48 Å². The summed E-state index contributed by atoms with van der Waals surface area (Å²) in [7, 11) is 0. The van der Waals surface area contributed by atoms with Gasteiger partial charge in [-0.2, -0.15) is 0 Å². The van der Waals surface area contributed by atoms with Crippen molar-refractivity contribution in [1.29, 1.82) is 0 Å². The largest absolute Gasteiger partial charge is 0.351 e. The number of likely N-dealkylation sites (tertiary alicyclic amines) is 1. The summed E-state index contributed by atoms with van der Waals surface area (Å²) in [6.45, 7) is 24.2. The highest BCUT2D eigenvalue weighted by atomic mass is 15.4. The fraction of sp³-hybridized carbons (Fsp3) is 0.850. The second-order valence-electron chi connectivity index (χ2n) is 17.5. The first-order chi connectivity index (χ1) is 20.0. The SMILES string of the molecule is CC1CCC(C(C)C)C(N2CCC3(C4CC(C)CCC4C(C)C)c4ccccc4N(C4CC(C)CCC4C(C)C)C23)C1. The summed E-state index contributed by atoms with van der Waals surface area (Å²) in [4.78, 5) is 6.36. The van der Waals surface area contributed by atoms with Gasteiger partial charge in [0.25, 0.3) is 0 Å². The van der Waals surface area contributed by atoms with Gasteiger partial charge < -0.3 is 4.90 Å². The highest BCUT2D eigenvalue weighted by molar-refractivity contribution is 5.66. The first kappa shape index (κ1) is 31.0. The van der Waals surface area contributed by atoms with Crippen LogP contribution >= 0.6 is 0 Å². The van der Waals surface area contributed by atoms with Gasteiger partial charge in [0, 0.05) is 29.7 Å². The molecule has 1 saturated heterocycles. The van der Waals surface area contributed by atoms with Crippen molar-refractivity contribution < 1.29 is 0 Å². The third-order valence-corrected chi connectivity index (χ3v) is 13.9. The maximum atomic E-state index is 3.20. The molecule has 3 saturated carbocycles. The van der Waals surface area contributed by atoms with E-state index in [1.807, 2.05) is 0 Å². The van der Waals surface area contributed by atoms with E-state index in [0.29, 0.717) is 12.2 Å². The molecule has 2 nitrogen and oxygen atoms in total. The summed E-state index contributed by atoms with van der Waals surface area (Å²) in [5, 5.41) is 0. The summed E-state index contributed by atoms with van der Waals surface area (Å²) >= 11 is 0. The predicted molar refractivity (Wildman–Crippen MR) is 181 cm³/mol. The van der Waals surface area contributed by atoms with Crippen molar-refractivity contribution in [2.45, 2.75) is 150 Å². The lowest BCUT2D eigenvalue weighted by molar-refractivity contribution is 0.00350. The van der Waals surface area contributed by atoms with Crippen LogP contribution in [0.1, 0.15) is 132 Å². The van der Waals surface area contributed by atoms with Crippen LogP contribution in [0.2, 0.25) is 0 Å². The molecule has 11 atom stereocenters. The Kier molecular flexibility index (Phi) is 8.89.